The first kappa shape index (κ1) is 16.0. The predicted molar refractivity (Wildman–Crippen MR) is 82.5 cm³/mol. The molecule has 1 aromatic rings. The minimum absolute atomic E-state index is 0.0336. The van der Waals surface area contributed by atoms with Gasteiger partial charge in [0.2, 0.25) is 11.8 Å². The topological polar surface area (TPSA) is 75.0 Å². The zero-order valence-electron chi connectivity index (χ0n) is 13.2. The predicted octanol–water partition coefficient (Wildman–Crippen LogP) is 0.219. The quantitative estimate of drug-likeness (QED) is 0.840. The van der Waals surface area contributed by atoms with Gasteiger partial charge in [0, 0.05) is 13.1 Å². The number of hydrogen-bond donors (Lipinski definition) is 1. The van der Waals surface area contributed by atoms with Crippen molar-refractivity contribution in [2.75, 3.05) is 39.4 Å². The van der Waals surface area contributed by atoms with Crippen molar-refractivity contribution in [3.63, 3.8) is 0 Å². The van der Waals surface area contributed by atoms with Crippen LogP contribution in [-0.2, 0) is 20.9 Å². The first-order chi connectivity index (χ1) is 11.2. The highest BCUT2D eigenvalue weighted by atomic mass is 16.5. The maximum Gasteiger partial charge on any atom is 0.237 e. The van der Waals surface area contributed by atoms with Gasteiger partial charge in [-0.15, -0.1) is 0 Å². The van der Waals surface area contributed by atoms with Crippen molar-refractivity contribution >= 4 is 11.8 Å². The Hall–Kier alpha value is -1.86. The highest BCUT2D eigenvalue weighted by molar-refractivity contribution is 5.84. The maximum absolute atomic E-state index is 12.4. The number of hydrogen-bond acceptors (Lipinski definition) is 5. The molecule has 3 rings (SSSR count). The second kappa shape index (κ2) is 7.61. The summed E-state index contributed by atoms with van der Waals surface area (Å²) in [5.41, 5.74) is 0. The molecule has 0 aliphatic carbocycles. The molecule has 2 fully saturated rings. The molecule has 0 saturated carbocycles. The van der Waals surface area contributed by atoms with Gasteiger partial charge in [-0.3, -0.25) is 14.5 Å². The number of morpholine rings is 1. The molecule has 1 atom stereocenters. The number of rotatable bonds is 5. The smallest absolute Gasteiger partial charge is 0.237 e. The lowest BCUT2D eigenvalue weighted by atomic mass is 10.2. The molecule has 0 aromatic carbocycles. The average molecular weight is 321 g/mol. The number of furan rings is 1. The minimum Gasteiger partial charge on any atom is -0.467 e. The van der Waals surface area contributed by atoms with E-state index in [1.54, 1.807) is 12.3 Å². The van der Waals surface area contributed by atoms with Crippen molar-refractivity contribution in [3.8, 4) is 0 Å². The largest absolute Gasteiger partial charge is 0.467 e. The van der Waals surface area contributed by atoms with Gasteiger partial charge < -0.3 is 19.4 Å². The van der Waals surface area contributed by atoms with Crippen LogP contribution < -0.4 is 5.32 Å². The van der Waals surface area contributed by atoms with Crippen LogP contribution in [-0.4, -0.2) is 67.0 Å². The molecular formula is C16H23N3O4. The molecule has 23 heavy (non-hydrogen) atoms. The Labute approximate surface area is 135 Å². The highest BCUT2D eigenvalue weighted by Gasteiger charge is 2.33. The Morgan fingerprint density at radius 1 is 1.26 bits per heavy atom. The van der Waals surface area contributed by atoms with Crippen molar-refractivity contribution in [1.82, 2.24) is 15.1 Å². The highest BCUT2D eigenvalue weighted by Crippen LogP contribution is 2.18. The summed E-state index contributed by atoms with van der Waals surface area (Å²) >= 11 is 0. The SMILES string of the molecule is O=C(NCc1ccco1)[C@@H]1CCCN1CC(=O)N1CCOCC1. The molecule has 1 aromatic heterocycles. The molecule has 1 N–H and O–H groups in total. The van der Waals surface area contributed by atoms with E-state index in [1.165, 1.54) is 0 Å². The molecule has 3 heterocycles. The van der Waals surface area contributed by atoms with Gasteiger partial charge in [0.25, 0.3) is 0 Å². The van der Waals surface area contributed by atoms with E-state index in [9.17, 15) is 9.59 Å². The van der Waals surface area contributed by atoms with Crippen molar-refractivity contribution in [2.45, 2.75) is 25.4 Å². The fourth-order valence-electron chi connectivity index (χ4n) is 3.10. The van der Waals surface area contributed by atoms with Gasteiger partial charge in [-0.25, -0.2) is 0 Å². The van der Waals surface area contributed by atoms with E-state index in [4.69, 9.17) is 9.15 Å². The second-order valence-corrected chi connectivity index (χ2v) is 5.92. The summed E-state index contributed by atoms with van der Waals surface area (Å²) in [6.45, 7) is 3.95. The van der Waals surface area contributed by atoms with Crippen molar-refractivity contribution < 1.29 is 18.7 Å². The van der Waals surface area contributed by atoms with Crippen LogP contribution in [0.25, 0.3) is 0 Å². The molecule has 126 valence electrons. The van der Waals surface area contributed by atoms with Gasteiger partial charge in [0.05, 0.1) is 38.6 Å². The Morgan fingerprint density at radius 3 is 2.83 bits per heavy atom. The standard InChI is InChI=1S/C16H23N3O4/c20-15(18-6-9-22-10-7-18)12-19-5-1-4-14(19)16(21)17-11-13-3-2-8-23-13/h2-3,8,14H,1,4-7,9-12H2,(H,17,21)/t14-/m0/s1. The van der Waals surface area contributed by atoms with Crippen LogP contribution in [0.1, 0.15) is 18.6 Å². The third-order valence-corrected chi connectivity index (χ3v) is 4.39. The summed E-state index contributed by atoms with van der Waals surface area (Å²) in [7, 11) is 0. The van der Waals surface area contributed by atoms with Crippen molar-refractivity contribution in [2.24, 2.45) is 0 Å². The summed E-state index contributed by atoms with van der Waals surface area (Å²) < 4.78 is 10.5. The molecule has 7 heteroatoms. The lowest BCUT2D eigenvalue weighted by Crippen LogP contribution is -2.49. The van der Waals surface area contributed by atoms with Crippen LogP contribution in [0.4, 0.5) is 0 Å². The lowest BCUT2D eigenvalue weighted by Gasteiger charge is -2.30. The third-order valence-electron chi connectivity index (χ3n) is 4.39. The number of likely N-dealkylation sites (tertiary alicyclic amines) is 1. The summed E-state index contributed by atoms with van der Waals surface area (Å²) in [6.07, 6.45) is 3.32. The normalized spacial score (nSPS) is 22.3. The summed E-state index contributed by atoms with van der Waals surface area (Å²) in [6, 6.07) is 3.40. The molecule has 2 amide bonds. The van der Waals surface area contributed by atoms with E-state index < -0.39 is 0 Å². The first-order valence-corrected chi connectivity index (χ1v) is 8.14. The molecule has 0 radical (unpaired) electrons. The van der Waals surface area contributed by atoms with Gasteiger partial charge in [-0.1, -0.05) is 0 Å². The Kier molecular flexibility index (Phi) is 5.30. The lowest BCUT2D eigenvalue weighted by molar-refractivity contribution is -0.137. The number of carbonyl (C=O) groups excluding carboxylic acids is 2. The molecule has 7 nitrogen and oxygen atoms in total. The van der Waals surface area contributed by atoms with Crippen molar-refractivity contribution in [1.29, 1.82) is 0 Å². The van der Waals surface area contributed by atoms with Gasteiger partial charge in [-0.05, 0) is 31.5 Å². The molecule has 2 saturated heterocycles. The number of carbonyl (C=O) groups is 2. The second-order valence-electron chi connectivity index (χ2n) is 5.92. The Balaban J connectivity index is 1.50. The van der Waals surface area contributed by atoms with Crippen LogP contribution >= 0.6 is 0 Å². The van der Waals surface area contributed by atoms with E-state index in [1.807, 2.05) is 15.9 Å². The number of nitrogens with one attached hydrogen (secondary N) is 1. The third kappa shape index (κ3) is 4.11. The molecule has 2 aliphatic heterocycles. The molecular weight excluding hydrogens is 298 g/mol. The molecule has 2 aliphatic rings. The van der Waals surface area contributed by atoms with Crippen LogP contribution in [0.15, 0.2) is 22.8 Å². The summed E-state index contributed by atoms with van der Waals surface area (Å²) in [4.78, 5) is 28.5. The fourth-order valence-corrected chi connectivity index (χ4v) is 3.10. The summed E-state index contributed by atoms with van der Waals surface area (Å²) in [5.74, 6) is 0.778. The monoisotopic (exact) mass is 321 g/mol. The zero-order valence-corrected chi connectivity index (χ0v) is 13.2. The van der Waals surface area contributed by atoms with Crippen LogP contribution in [0.3, 0.4) is 0 Å². The van der Waals surface area contributed by atoms with Crippen LogP contribution in [0.2, 0.25) is 0 Å². The fraction of sp³-hybridized carbons (Fsp3) is 0.625. The molecule has 0 spiro atoms. The minimum atomic E-state index is -0.227. The number of amides is 2. The average Bonchev–Trinajstić information content (AvgIpc) is 3.25. The Morgan fingerprint density at radius 2 is 2.09 bits per heavy atom. The van der Waals surface area contributed by atoms with Crippen LogP contribution in [0, 0.1) is 0 Å². The number of nitrogens with zero attached hydrogens (tertiary/aromatic N) is 2. The summed E-state index contributed by atoms with van der Waals surface area (Å²) in [5, 5.41) is 2.89. The molecule has 0 bridgehead atoms. The number of ether oxygens (including phenoxy) is 1. The van der Waals surface area contributed by atoms with E-state index in [0.29, 0.717) is 39.4 Å². The van der Waals surface area contributed by atoms with E-state index in [2.05, 4.69) is 5.32 Å². The van der Waals surface area contributed by atoms with Crippen molar-refractivity contribution in [3.05, 3.63) is 24.2 Å². The van der Waals surface area contributed by atoms with Gasteiger partial charge in [0.15, 0.2) is 0 Å². The van der Waals surface area contributed by atoms with Crippen LogP contribution in [0.5, 0.6) is 0 Å². The van der Waals surface area contributed by atoms with E-state index >= 15 is 0 Å². The van der Waals surface area contributed by atoms with E-state index in [0.717, 1.165) is 25.1 Å². The Bertz CT molecular complexity index is 525. The first-order valence-electron chi connectivity index (χ1n) is 8.14. The van der Waals surface area contributed by atoms with Gasteiger partial charge in [-0.2, -0.15) is 0 Å². The maximum atomic E-state index is 12.4. The van der Waals surface area contributed by atoms with Gasteiger partial charge >= 0.3 is 0 Å². The van der Waals surface area contributed by atoms with E-state index in [-0.39, 0.29) is 17.9 Å². The molecule has 0 unspecified atom stereocenters. The van der Waals surface area contributed by atoms with Gasteiger partial charge in [0.1, 0.15) is 5.76 Å². The zero-order chi connectivity index (χ0) is 16.1.